The molecule has 2 heterocycles. The first kappa shape index (κ1) is 42.8. The van der Waals surface area contributed by atoms with Crippen molar-refractivity contribution in [3.8, 4) is 6.07 Å². The summed E-state index contributed by atoms with van der Waals surface area (Å²) in [5.41, 5.74) is 0. The molecule has 2 aliphatic heterocycles. The smallest absolute Gasteiger partial charge is 0.0793 e. The summed E-state index contributed by atoms with van der Waals surface area (Å²) in [4.78, 5) is 7.37. The summed E-state index contributed by atoms with van der Waals surface area (Å²) in [6, 6.07) is 2.11. The Labute approximate surface area is 247 Å². The van der Waals surface area contributed by atoms with Gasteiger partial charge in [-0.2, -0.15) is 5.26 Å². The van der Waals surface area contributed by atoms with Crippen molar-refractivity contribution in [3.63, 3.8) is 0 Å². The summed E-state index contributed by atoms with van der Waals surface area (Å²) in [6.45, 7) is 34.5. The second kappa shape index (κ2) is 31.9. The minimum absolute atomic E-state index is 0.0333. The van der Waals surface area contributed by atoms with Gasteiger partial charge in [0, 0.05) is 19.0 Å². The number of aliphatic hydroxyl groups excluding tert-OH is 1. The van der Waals surface area contributed by atoms with Gasteiger partial charge in [0.15, 0.2) is 0 Å². The van der Waals surface area contributed by atoms with Gasteiger partial charge in [0.25, 0.3) is 0 Å². The Hall–Kier alpha value is -0.670. The molecular formula is C34H74N4O. The highest BCUT2D eigenvalue weighted by molar-refractivity contribution is 4.78. The van der Waals surface area contributed by atoms with E-state index >= 15 is 0 Å². The van der Waals surface area contributed by atoms with Crippen LogP contribution in [-0.2, 0) is 0 Å². The molecule has 0 spiro atoms. The van der Waals surface area contributed by atoms with E-state index in [4.69, 9.17) is 10.4 Å². The monoisotopic (exact) mass is 555 g/mol. The topological polar surface area (TPSA) is 53.7 Å². The molecule has 1 unspecified atom stereocenters. The highest BCUT2D eigenvalue weighted by atomic mass is 16.3. The van der Waals surface area contributed by atoms with Crippen LogP contribution in [0.25, 0.3) is 0 Å². The molecule has 0 amide bonds. The molecule has 0 radical (unpaired) electrons. The summed E-state index contributed by atoms with van der Waals surface area (Å²) in [5, 5.41) is 17.1. The lowest BCUT2D eigenvalue weighted by atomic mass is 10.1. The molecule has 2 rings (SSSR count). The third kappa shape index (κ3) is 31.7. The zero-order valence-corrected chi connectivity index (χ0v) is 28.8. The largest absolute Gasteiger partial charge is 0.390 e. The highest BCUT2D eigenvalue weighted by Crippen LogP contribution is 2.11. The average Bonchev–Trinajstić information content (AvgIpc) is 3.43. The quantitative estimate of drug-likeness (QED) is 0.234. The Morgan fingerprint density at radius 1 is 0.795 bits per heavy atom. The number of hydrogen-bond donors (Lipinski definition) is 1. The molecule has 236 valence electrons. The number of likely N-dealkylation sites (tertiary alicyclic amines) is 2. The predicted octanol–water partition coefficient (Wildman–Crippen LogP) is 8.33. The maximum Gasteiger partial charge on any atom is 0.0793 e. The number of nitriles is 1. The van der Waals surface area contributed by atoms with Gasteiger partial charge in [0.05, 0.1) is 12.2 Å². The minimum atomic E-state index is -0.0333. The van der Waals surface area contributed by atoms with E-state index in [1.54, 1.807) is 0 Å². The summed E-state index contributed by atoms with van der Waals surface area (Å²) in [6.07, 6.45) is 11.9. The van der Waals surface area contributed by atoms with Crippen LogP contribution in [0.2, 0.25) is 0 Å². The summed E-state index contributed by atoms with van der Waals surface area (Å²) < 4.78 is 0. The summed E-state index contributed by atoms with van der Waals surface area (Å²) in [5.74, 6) is 1.95. The van der Waals surface area contributed by atoms with Crippen LogP contribution in [0, 0.1) is 29.1 Å². The fourth-order valence-corrected chi connectivity index (χ4v) is 4.19. The van der Waals surface area contributed by atoms with Crippen molar-refractivity contribution in [1.29, 1.82) is 5.26 Å². The predicted molar refractivity (Wildman–Crippen MR) is 175 cm³/mol. The van der Waals surface area contributed by atoms with Crippen molar-refractivity contribution in [1.82, 2.24) is 14.7 Å². The van der Waals surface area contributed by atoms with Gasteiger partial charge in [0.1, 0.15) is 0 Å². The Morgan fingerprint density at radius 2 is 1.26 bits per heavy atom. The van der Waals surface area contributed by atoms with Crippen molar-refractivity contribution in [3.05, 3.63) is 0 Å². The first-order valence-corrected chi connectivity index (χ1v) is 16.9. The SMILES string of the molecule is CC.CC(C)CCCN1CC(O)C1.CC(C)CCCN1CCCC1.CCC(C)C#N.CCCCN(CC)CC. The van der Waals surface area contributed by atoms with Crippen LogP contribution in [0.5, 0.6) is 0 Å². The number of unbranched alkanes of at least 4 members (excludes halogenated alkanes) is 1. The van der Waals surface area contributed by atoms with Crippen LogP contribution in [0.4, 0.5) is 0 Å². The van der Waals surface area contributed by atoms with Crippen LogP contribution >= 0.6 is 0 Å². The first-order chi connectivity index (χ1) is 18.6. The lowest BCUT2D eigenvalue weighted by molar-refractivity contribution is 0.00113. The summed E-state index contributed by atoms with van der Waals surface area (Å²) >= 11 is 0. The zero-order chi connectivity index (χ0) is 30.5. The molecule has 0 aromatic rings. The third-order valence-electron chi connectivity index (χ3n) is 7.20. The second-order valence-electron chi connectivity index (χ2n) is 11.9. The van der Waals surface area contributed by atoms with Crippen molar-refractivity contribution < 1.29 is 5.11 Å². The standard InChI is InChI=1S/C10H21N.C9H19NO.C8H19N.C5H9N.C2H6/c1-10(2)6-5-9-11-7-3-4-8-11;1-8(2)4-3-5-10-6-9(11)7-10;1-4-7-8-9(5-2)6-3;1-3-5(2)4-6;1-2/h10H,3-9H2,1-2H3;8-9,11H,3-7H2,1-2H3;4-8H2,1-3H3;5H,3H2,1-2H3;1-2H3. The fourth-order valence-electron chi connectivity index (χ4n) is 4.19. The second-order valence-corrected chi connectivity index (χ2v) is 11.9. The molecule has 2 fully saturated rings. The van der Waals surface area contributed by atoms with Gasteiger partial charge in [0.2, 0.25) is 0 Å². The van der Waals surface area contributed by atoms with E-state index < -0.39 is 0 Å². The Morgan fingerprint density at radius 3 is 1.56 bits per heavy atom. The van der Waals surface area contributed by atoms with Crippen molar-refractivity contribution in [2.75, 3.05) is 58.9 Å². The Kier molecular flexibility index (Phi) is 34.9. The van der Waals surface area contributed by atoms with Gasteiger partial charge < -0.3 is 14.9 Å². The molecule has 0 bridgehead atoms. The molecule has 0 aromatic heterocycles. The third-order valence-corrected chi connectivity index (χ3v) is 7.20. The Bertz CT molecular complexity index is 490. The van der Waals surface area contributed by atoms with E-state index in [-0.39, 0.29) is 12.0 Å². The van der Waals surface area contributed by atoms with Crippen LogP contribution in [0.15, 0.2) is 0 Å². The maximum atomic E-state index is 8.99. The van der Waals surface area contributed by atoms with E-state index in [1.165, 1.54) is 97.2 Å². The molecule has 2 aliphatic rings. The summed E-state index contributed by atoms with van der Waals surface area (Å²) in [7, 11) is 0. The number of rotatable bonds is 14. The molecule has 0 aliphatic carbocycles. The van der Waals surface area contributed by atoms with Gasteiger partial charge in [-0.15, -0.1) is 0 Å². The van der Waals surface area contributed by atoms with Crippen LogP contribution < -0.4 is 0 Å². The van der Waals surface area contributed by atoms with E-state index in [0.717, 1.165) is 31.3 Å². The number of hydrogen-bond acceptors (Lipinski definition) is 5. The van der Waals surface area contributed by atoms with Gasteiger partial charge >= 0.3 is 0 Å². The number of nitrogens with zero attached hydrogens (tertiary/aromatic N) is 4. The zero-order valence-electron chi connectivity index (χ0n) is 28.8. The molecule has 5 nitrogen and oxygen atoms in total. The van der Waals surface area contributed by atoms with E-state index in [2.05, 4.69) is 69.2 Å². The van der Waals surface area contributed by atoms with Gasteiger partial charge in [-0.05, 0) is 116 Å². The molecule has 5 heteroatoms. The molecular weight excluding hydrogens is 480 g/mol. The molecule has 1 N–H and O–H groups in total. The lowest BCUT2D eigenvalue weighted by Gasteiger charge is -2.35. The molecule has 0 saturated carbocycles. The minimum Gasteiger partial charge on any atom is -0.390 e. The van der Waals surface area contributed by atoms with Crippen molar-refractivity contribution in [2.24, 2.45) is 17.8 Å². The first-order valence-electron chi connectivity index (χ1n) is 16.9. The van der Waals surface area contributed by atoms with E-state index in [9.17, 15) is 0 Å². The normalized spacial score (nSPS) is 16.1. The average molecular weight is 555 g/mol. The van der Waals surface area contributed by atoms with E-state index in [1.807, 2.05) is 27.7 Å². The highest BCUT2D eigenvalue weighted by Gasteiger charge is 2.23. The molecule has 0 aromatic carbocycles. The van der Waals surface area contributed by atoms with Crippen molar-refractivity contribution in [2.45, 2.75) is 140 Å². The Balaban J connectivity index is -0.000000443. The molecule has 2 saturated heterocycles. The van der Waals surface area contributed by atoms with E-state index in [0.29, 0.717) is 0 Å². The number of β-amino-alcohol motifs (C(OH)–C–C–N with tert-alkyl or cyclic N) is 1. The van der Waals surface area contributed by atoms with Crippen LogP contribution in [-0.4, -0.2) is 84.8 Å². The van der Waals surface area contributed by atoms with Crippen LogP contribution in [0.1, 0.15) is 134 Å². The maximum absolute atomic E-state index is 8.99. The van der Waals surface area contributed by atoms with Crippen LogP contribution in [0.3, 0.4) is 0 Å². The van der Waals surface area contributed by atoms with Gasteiger partial charge in [-0.3, -0.25) is 4.90 Å². The van der Waals surface area contributed by atoms with Gasteiger partial charge in [-0.1, -0.05) is 75.7 Å². The fraction of sp³-hybridized carbons (Fsp3) is 0.971. The van der Waals surface area contributed by atoms with Gasteiger partial charge in [-0.25, -0.2) is 0 Å². The lowest BCUT2D eigenvalue weighted by Crippen LogP contribution is -2.50. The molecule has 1 atom stereocenters. The number of aliphatic hydroxyl groups is 1. The van der Waals surface area contributed by atoms with Crippen molar-refractivity contribution >= 4 is 0 Å². The molecule has 39 heavy (non-hydrogen) atoms.